The number of pyridine rings is 1. The van der Waals surface area contributed by atoms with Crippen molar-refractivity contribution in [3.63, 3.8) is 0 Å². The van der Waals surface area contributed by atoms with Gasteiger partial charge in [0.1, 0.15) is 23.1 Å². The van der Waals surface area contributed by atoms with Crippen LogP contribution in [0.15, 0.2) is 66.9 Å². The average Bonchev–Trinajstić information content (AvgIpc) is 2.69. The van der Waals surface area contributed by atoms with Crippen molar-refractivity contribution in [3.05, 3.63) is 90.0 Å². The summed E-state index contributed by atoms with van der Waals surface area (Å²) in [5.74, 6) is -3.08. The van der Waals surface area contributed by atoms with Crippen LogP contribution in [0, 0.1) is 24.4 Å². The third-order valence-electron chi connectivity index (χ3n) is 4.38. The number of nitrogens with zero attached hydrogens (tertiary/aromatic N) is 3. The van der Waals surface area contributed by atoms with Gasteiger partial charge in [-0.3, -0.25) is 4.98 Å². The molecule has 0 aliphatic carbocycles. The number of benzene rings is 2. The van der Waals surface area contributed by atoms with Crippen LogP contribution in [0.5, 0.6) is 0 Å². The van der Waals surface area contributed by atoms with Crippen molar-refractivity contribution in [2.75, 3.05) is 0 Å². The lowest BCUT2D eigenvalue weighted by atomic mass is 9.92. The van der Waals surface area contributed by atoms with E-state index >= 15 is 0 Å². The fourth-order valence-corrected chi connectivity index (χ4v) is 3.18. The van der Waals surface area contributed by atoms with Gasteiger partial charge in [-0.2, -0.15) is 5.10 Å². The summed E-state index contributed by atoms with van der Waals surface area (Å²) in [4.78, 5) is 4.37. The fourth-order valence-electron chi connectivity index (χ4n) is 3.18. The smallest absolute Gasteiger partial charge is 0.138 e. The second-order valence-electron chi connectivity index (χ2n) is 6.21. The first kappa shape index (κ1) is 17.9. The summed E-state index contributed by atoms with van der Waals surface area (Å²) in [7, 11) is 0. The van der Waals surface area contributed by atoms with Gasteiger partial charge in [-0.25, -0.2) is 13.2 Å². The monoisotopic (exact) mass is 377 g/mol. The molecule has 0 aliphatic heterocycles. The molecule has 0 N–H and O–H groups in total. The molecule has 0 saturated heterocycles. The van der Waals surface area contributed by atoms with Crippen LogP contribution in [0.3, 0.4) is 0 Å². The Morgan fingerprint density at radius 2 is 1.39 bits per heavy atom. The third kappa shape index (κ3) is 3.13. The minimum Gasteiger partial charge on any atom is -0.256 e. The molecule has 0 fully saturated rings. The van der Waals surface area contributed by atoms with E-state index in [9.17, 15) is 13.2 Å². The lowest BCUT2D eigenvalue weighted by Gasteiger charge is -2.16. The SMILES string of the molecule is Cc1nnc(-c2c(F)cc(F)cc2F)c(-c2ccccc2)c1-c1ccccn1. The molecule has 0 amide bonds. The molecule has 4 aromatic rings. The maximum Gasteiger partial charge on any atom is 0.138 e. The minimum atomic E-state index is -1.04. The summed E-state index contributed by atoms with van der Waals surface area (Å²) in [5.41, 5.74) is 2.51. The van der Waals surface area contributed by atoms with E-state index in [0.29, 0.717) is 40.2 Å². The molecule has 3 nitrogen and oxygen atoms in total. The molecule has 0 unspecified atom stereocenters. The van der Waals surface area contributed by atoms with Crippen molar-refractivity contribution in [2.45, 2.75) is 6.92 Å². The number of rotatable bonds is 3. The number of hydrogen-bond acceptors (Lipinski definition) is 3. The Morgan fingerprint density at radius 1 is 0.714 bits per heavy atom. The van der Waals surface area contributed by atoms with Crippen LogP contribution in [0.2, 0.25) is 0 Å². The molecule has 28 heavy (non-hydrogen) atoms. The Balaban J connectivity index is 2.12. The van der Waals surface area contributed by atoms with Gasteiger partial charge in [0.2, 0.25) is 0 Å². The van der Waals surface area contributed by atoms with Gasteiger partial charge in [0.15, 0.2) is 0 Å². The molecule has 0 saturated carbocycles. The lowest BCUT2D eigenvalue weighted by molar-refractivity contribution is 0.547. The highest BCUT2D eigenvalue weighted by Gasteiger charge is 2.24. The van der Waals surface area contributed by atoms with Gasteiger partial charge < -0.3 is 0 Å². The summed E-state index contributed by atoms with van der Waals surface area (Å²) in [6.07, 6.45) is 1.63. The highest BCUT2D eigenvalue weighted by Crippen LogP contribution is 2.40. The van der Waals surface area contributed by atoms with E-state index < -0.39 is 23.0 Å². The van der Waals surface area contributed by atoms with E-state index in [1.807, 2.05) is 36.4 Å². The average molecular weight is 377 g/mol. The molecule has 4 rings (SSSR count). The van der Waals surface area contributed by atoms with Crippen LogP contribution < -0.4 is 0 Å². The standard InChI is InChI=1S/C22H14F3N3/c1-13-19(18-9-5-6-10-26-18)20(14-7-3-2-4-8-14)22(28-27-13)21-16(24)11-15(23)12-17(21)25/h2-12H,1H3. The lowest BCUT2D eigenvalue weighted by Crippen LogP contribution is -2.04. The second kappa shape index (κ2) is 7.23. The van der Waals surface area contributed by atoms with E-state index in [0.717, 1.165) is 0 Å². The van der Waals surface area contributed by atoms with E-state index in [2.05, 4.69) is 15.2 Å². The van der Waals surface area contributed by atoms with Crippen LogP contribution in [-0.4, -0.2) is 15.2 Å². The van der Waals surface area contributed by atoms with Crippen LogP contribution in [-0.2, 0) is 0 Å². The Hall–Kier alpha value is -3.54. The first-order valence-corrected chi connectivity index (χ1v) is 8.55. The number of aryl methyl sites for hydroxylation is 1. The summed E-state index contributed by atoms with van der Waals surface area (Å²) in [5, 5.41) is 8.19. The van der Waals surface area contributed by atoms with Crippen molar-refractivity contribution in [3.8, 4) is 33.6 Å². The van der Waals surface area contributed by atoms with Crippen molar-refractivity contribution < 1.29 is 13.2 Å². The summed E-state index contributed by atoms with van der Waals surface area (Å²) in [6, 6.07) is 15.7. The highest BCUT2D eigenvalue weighted by molar-refractivity contribution is 5.92. The van der Waals surface area contributed by atoms with Crippen molar-refractivity contribution in [1.82, 2.24) is 15.2 Å². The van der Waals surface area contributed by atoms with Crippen molar-refractivity contribution >= 4 is 0 Å². The summed E-state index contributed by atoms with van der Waals surface area (Å²) >= 11 is 0. The van der Waals surface area contributed by atoms with Gasteiger partial charge in [-0.1, -0.05) is 36.4 Å². The minimum absolute atomic E-state index is 0.00699. The molecule has 0 spiro atoms. The molecule has 138 valence electrons. The van der Waals surface area contributed by atoms with E-state index in [-0.39, 0.29) is 5.69 Å². The van der Waals surface area contributed by atoms with Gasteiger partial charge in [0, 0.05) is 29.5 Å². The maximum absolute atomic E-state index is 14.6. The first-order valence-electron chi connectivity index (χ1n) is 8.55. The van der Waals surface area contributed by atoms with Gasteiger partial charge >= 0.3 is 0 Å². The molecule has 0 aliphatic rings. The normalized spacial score (nSPS) is 10.9. The number of aromatic nitrogens is 3. The van der Waals surface area contributed by atoms with Gasteiger partial charge in [-0.05, 0) is 24.6 Å². The number of halogens is 3. The molecule has 0 radical (unpaired) electrons. The zero-order valence-electron chi connectivity index (χ0n) is 14.8. The summed E-state index contributed by atoms with van der Waals surface area (Å²) in [6.45, 7) is 1.75. The maximum atomic E-state index is 14.6. The van der Waals surface area contributed by atoms with Crippen molar-refractivity contribution in [1.29, 1.82) is 0 Å². The van der Waals surface area contributed by atoms with Crippen LogP contribution in [0.25, 0.3) is 33.6 Å². The molecular formula is C22H14F3N3. The Kier molecular flexibility index (Phi) is 4.61. The van der Waals surface area contributed by atoms with Crippen LogP contribution >= 0.6 is 0 Å². The van der Waals surface area contributed by atoms with Crippen LogP contribution in [0.4, 0.5) is 13.2 Å². The molecule has 0 bridgehead atoms. The Morgan fingerprint density at radius 3 is 2.04 bits per heavy atom. The Bertz CT molecular complexity index is 1120. The largest absolute Gasteiger partial charge is 0.256 e. The topological polar surface area (TPSA) is 38.7 Å². The zero-order valence-corrected chi connectivity index (χ0v) is 14.8. The predicted molar refractivity (Wildman–Crippen MR) is 101 cm³/mol. The van der Waals surface area contributed by atoms with Gasteiger partial charge in [-0.15, -0.1) is 5.10 Å². The molecule has 2 aromatic carbocycles. The zero-order chi connectivity index (χ0) is 19.7. The highest BCUT2D eigenvalue weighted by atomic mass is 19.1. The molecule has 6 heteroatoms. The van der Waals surface area contributed by atoms with Gasteiger partial charge in [0.05, 0.1) is 17.0 Å². The molecule has 0 atom stereocenters. The number of hydrogen-bond donors (Lipinski definition) is 0. The summed E-state index contributed by atoms with van der Waals surface area (Å²) < 4.78 is 42.6. The molecule has 2 heterocycles. The predicted octanol–water partition coefficient (Wildman–Crippen LogP) is 5.60. The fraction of sp³-hybridized carbons (Fsp3) is 0.0455. The Labute approximate surface area is 159 Å². The second-order valence-corrected chi connectivity index (χ2v) is 6.21. The molecule has 2 aromatic heterocycles. The van der Waals surface area contributed by atoms with Gasteiger partial charge in [0.25, 0.3) is 0 Å². The van der Waals surface area contributed by atoms with E-state index in [1.54, 1.807) is 25.3 Å². The van der Waals surface area contributed by atoms with Crippen molar-refractivity contribution in [2.24, 2.45) is 0 Å². The first-order chi connectivity index (χ1) is 13.6. The molecular weight excluding hydrogens is 363 g/mol. The van der Waals surface area contributed by atoms with E-state index in [4.69, 9.17) is 0 Å². The van der Waals surface area contributed by atoms with E-state index in [1.165, 1.54) is 0 Å². The third-order valence-corrected chi connectivity index (χ3v) is 4.38. The quantitative estimate of drug-likeness (QED) is 0.467. The van der Waals surface area contributed by atoms with Crippen LogP contribution in [0.1, 0.15) is 5.69 Å².